The van der Waals surface area contributed by atoms with Gasteiger partial charge in [0.05, 0.1) is 19.8 Å². The van der Waals surface area contributed by atoms with E-state index >= 15 is 0 Å². The van der Waals surface area contributed by atoms with E-state index < -0.39 is 5.91 Å². The van der Waals surface area contributed by atoms with Crippen molar-refractivity contribution < 1.29 is 23.5 Å². The second-order valence-electron chi connectivity index (χ2n) is 6.42. The molecule has 1 aliphatic heterocycles. The number of rotatable bonds is 8. The van der Waals surface area contributed by atoms with Crippen LogP contribution >= 0.6 is 0 Å². The zero-order valence-corrected chi connectivity index (χ0v) is 16.0. The first-order chi connectivity index (χ1) is 14.1. The summed E-state index contributed by atoms with van der Waals surface area (Å²) in [7, 11) is 0. The van der Waals surface area contributed by atoms with E-state index in [1.807, 2.05) is 0 Å². The summed E-state index contributed by atoms with van der Waals surface area (Å²) < 4.78 is 23.6. The molecule has 0 unspecified atom stereocenters. The Hall–Kier alpha value is -3.07. The van der Waals surface area contributed by atoms with E-state index in [4.69, 9.17) is 9.47 Å². The number of nitrogens with one attached hydrogen (secondary N) is 1. The Morgan fingerprint density at radius 3 is 2.48 bits per heavy atom. The highest BCUT2D eigenvalue weighted by molar-refractivity contribution is 6.04. The predicted octanol–water partition coefficient (Wildman–Crippen LogP) is 1.68. The van der Waals surface area contributed by atoms with Crippen molar-refractivity contribution in [3.63, 3.8) is 0 Å². The lowest BCUT2D eigenvalue weighted by Crippen LogP contribution is -2.42. The summed E-state index contributed by atoms with van der Waals surface area (Å²) in [6.07, 6.45) is 4.18. The molecule has 1 aromatic heterocycles. The molecule has 9 heteroatoms. The van der Waals surface area contributed by atoms with Crippen molar-refractivity contribution in [2.75, 3.05) is 39.5 Å². The normalized spacial score (nSPS) is 13.8. The van der Waals surface area contributed by atoms with Crippen molar-refractivity contribution in [1.82, 2.24) is 20.2 Å². The Labute approximate surface area is 168 Å². The molecule has 0 bridgehead atoms. The fourth-order valence-corrected chi connectivity index (χ4v) is 2.81. The summed E-state index contributed by atoms with van der Waals surface area (Å²) in [5.74, 6) is -0.467. The second kappa shape index (κ2) is 10.5. The van der Waals surface area contributed by atoms with E-state index in [0.29, 0.717) is 58.0 Å². The number of hydrogen-bond donors (Lipinski definition) is 1. The lowest BCUT2D eigenvalue weighted by molar-refractivity contribution is 0.0297. The van der Waals surface area contributed by atoms with E-state index in [9.17, 15) is 14.0 Å². The van der Waals surface area contributed by atoms with Crippen LogP contribution < -0.4 is 10.1 Å². The average Bonchev–Trinajstić information content (AvgIpc) is 2.77. The van der Waals surface area contributed by atoms with Gasteiger partial charge in [0.15, 0.2) is 11.4 Å². The highest BCUT2D eigenvalue weighted by atomic mass is 19.1. The number of benzene rings is 1. The molecule has 29 heavy (non-hydrogen) atoms. The molecule has 154 valence electrons. The van der Waals surface area contributed by atoms with Gasteiger partial charge in [0.2, 0.25) is 0 Å². The Morgan fingerprint density at radius 2 is 1.76 bits per heavy atom. The average molecular weight is 402 g/mol. The smallest absolute Gasteiger partial charge is 0.275 e. The molecule has 1 N–H and O–H groups in total. The third-order valence-electron chi connectivity index (χ3n) is 4.35. The highest BCUT2D eigenvalue weighted by Crippen LogP contribution is 2.12. The molecule has 0 aliphatic carbocycles. The van der Waals surface area contributed by atoms with Gasteiger partial charge in [0.1, 0.15) is 11.6 Å². The monoisotopic (exact) mass is 402 g/mol. The molecule has 0 spiro atoms. The first kappa shape index (κ1) is 20.7. The zero-order chi connectivity index (χ0) is 20.5. The van der Waals surface area contributed by atoms with Gasteiger partial charge in [0, 0.05) is 32.0 Å². The maximum atomic E-state index is 12.8. The minimum atomic E-state index is -0.436. The summed E-state index contributed by atoms with van der Waals surface area (Å²) >= 11 is 0. The van der Waals surface area contributed by atoms with E-state index in [2.05, 4.69) is 15.3 Å². The summed E-state index contributed by atoms with van der Waals surface area (Å²) in [6, 6.07) is 5.81. The number of halogens is 1. The molecule has 0 saturated carbocycles. The van der Waals surface area contributed by atoms with Crippen LogP contribution in [0.1, 0.15) is 33.8 Å². The summed E-state index contributed by atoms with van der Waals surface area (Å²) in [6.45, 7) is 2.72. The minimum absolute atomic E-state index is 0.0200. The lowest BCUT2D eigenvalue weighted by atomic mass is 10.2. The minimum Gasteiger partial charge on any atom is -0.494 e. The van der Waals surface area contributed by atoms with Gasteiger partial charge in [-0.3, -0.25) is 9.59 Å². The lowest BCUT2D eigenvalue weighted by Gasteiger charge is -2.26. The van der Waals surface area contributed by atoms with E-state index in [-0.39, 0.29) is 23.1 Å². The van der Waals surface area contributed by atoms with Crippen molar-refractivity contribution in [2.24, 2.45) is 0 Å². The maximum absolute atomic E-state index is 12.8. The molecule has 1 fully saturated rings. The molecule has 8 nitrogen and oxygen atoms in total. The van der Waals surface area contributed by atoms with Gasteiger partial charge in [0.25, 0.3) is 11.8 Å². The topological polar surface area (TPSA) is 93.7 Å². The van der Waals surface area contributed by atoms with E-state index in [0.717, 1.165) is 0 Å². The molecule has 2 aromatic rings. The molecule has 1 aliphatic rings. The molecule has 2 amide bonds. The number of carbonyl (C=O) groups is 2. The van der Waals surface area contributed by atoms with Crippen molar-refractivity contribution in [3.05, 3.63) is 53.9 Å². The Bertz CT molecular complexity index is 825. The molecule has 0 radical (unpaired) electrons. The van der Waals surface area contributed by atoms with Crippen LogP contribution in [0.15, 0.2) is 36.7 Å². The first-order valence-corrected chi connectivity index (χ1v) is 9.50. The quantitative estimate of drug-likeness (QED) is 0.676. The van der Waals surface area contributed by atoms with Crippen LogP contribution in [0.4, 0.5) is 4.39 Å². The van der Waals surface area contributed by atoms with Crippen LogP contribution in [0.2, 0.25) is 0 Å². The number of nitrogens with zero attached hydrogens (tertiary/aromatic N) is 3. The third-order valence-corrected chi connectivity index (χ3v) is 4.35. The number of aromatic nitrogens is 2. The van der Waals surface area contributed by atoms with Crippen molar-refractivity contribution in [2.45, 2.75) is 12.8 Å². The highest BCUT2D eigenvalue weighted by Gasteiger charge is 2.25. The van der Waals surface area contributed by atoms with Gasteiger partial charge in [-0.25, -0.2) is 14.4 Å². The fraction of sp³-hybridized carbons (Fsp3) is 0.400. The largest absolute Gasteiger partial charge is 0.494 e. The Balaban J connectivity index is 1.44. The molecule has 1 saturated heterocycles. The number of ether oxygens (including phenoxy) is 2. The predicted molar refractivity (Wildman–Crippen MR) is 102 cm³/mol. The van der Waals surface area contributed by atoms with Gasteiger partial charge in [-0.05, 0) is 37.1 Å². The van der Waals surface area contributed by atoms with Crippen molar-refractivity contribution >= 4 is 11.8 Å². The number of unbranched alkanes of at least 4 members (excludes halogenated alkanes) is 1. The van der Waals surface area contributed by atoms with Gasteiger partial charge in [-0.1, -0.05) is 0 Å². The Morgan fingerprint density at radius 1 is 1.07 bits per heavy atom. The van der Waals surface area contributed by atoms with Crippen LogP contribution in [0, 0.1) is 5.82 Å². The SMILES string of the molecule is O=C(NCCCCOc1ccc(F)cc1)c1nccnc1C(=O)N1CCOCC1. The van der Waals surface area contributed by atoms with Crippen LogP contribution in [0.3, 0.4) is 0 Å². The molecule has 3 rings (SSSR count). The second-order valence-corrected chi connectivity index (χ2v) is 6.42. The maximum Gasteiger partial charge on any atom is 0.275 e. The molecule has 0 atom stereocenters. The Kier molecular flexibility index (Phi) is 7.46. The number of amides is 2. The van der Waals surface area contributed by atoms with Gasteiger partial charge in [-0.2, -0.15) is 0 Å². The van der Waals surface area contributed by atoms with E-state index in [1.165, 1.54) is 24.5 Å². The van der Waals surface area contributed by atoms with Gasteiger partial charge < -0.3 is 19.7 Å². The number of hydrogen-bond acceptors (Lipinski definition) is 6. The summed E-state index contributed by atoms with van der Waals surface area (Å²) in [5, 5.41) is 2.76. The molecule has 2 heterocycles. The fourth-order valence-electron chi connectivity index (χ4n) is 2.81. The van der Waals surface area contributed by atoms with Crippen LogP contribution in [-0.4, -0.2) is 66.1 Å². The van der Waals surface area contributed by atoms with Crippen LogP contribution in [0.25, 0.3) is 0 Å². The molecular formula is C20H23FN4O4. The van der Waals surface area contributed by atoms with Crippen molar-refractivity contribution in [1.29, 1.82) is 0 Å². The van der Waals surface area contributed by atoms with Gasteiger partial charge in [-0.15, -0.1) is 0 Å². The van der Waals surface area contributed by atoms with Crippen molar-refractivity contribution in [3.8, 4) is 5.75 Å². The van der Waals surface area contributed by atoms with Crippen LogP contribution in [0.5, 0.6) is 5.75 Å². The van der Waals surface area contributed by atoms with Crippen LogP contribution in [-0.2, 0) is 4.74 Å². The summed E-state index contributed by atoms with van der Waals surface area (Å²) in [4.78, 5) is 34.8. The first-order valence-electron chi connectivity index (χ1n) is 9.50. The molecule has 1 aromatic carbocycles. The summed E-state index contributed by atoms with van der Waals surface area (Å²) in [5.41, 5.74) is 0.0677. The third kappa shape index (κ3) is 5.95. The number of carbonyl (C=O) groups excluding carboxylic acids is 2. The standard InChI is InChI=1S/C20H23FN4O4/c21-15-3-5-16(6-4-15)29-12-2-1-7-24-19(26)17-18(23-9-8-22-17)20(27)25-10-13-28-14-11-25/h3-6,8-9H,1-2,7,10-14H2,(H,24,26). The van der Waals surface area contributed by atoms with Gasteiger partial charge >= 0.3 is 0 Å². The molecular weight excluding hydrogens is 379 g/mol. The number of morpholine rings is 1. The van der Waals surface area contributed by atoms with E-state index in [1.54, 1.807) is 17.0 Å². The zero-order valence-electron chi connectivity index (χ0n) is 16.0.